The zero-order valence-electron chi connectivity index (χ0n) is 21.1. The van der Waals surface area contributed by atoms with Crippen LogP contribution < -0.4 is 0 Å². The highest BCUT2D eigenvalue weighted by Crippen LogP contribution is 2.33. The van der Waals surface area contributed by atoms with E-state index in [1.807, 2.05) is 59.7 Å². The number of hydrogen-bond donors (Lipinski definition) is 1. The van der Waals surface area contributed by atoms with Crippen molar-refractivity contribution in [2.75, 3.05) is 13.6 Å². The molecule has 0 spiro atoms. The van der Waals surface area contributed by atoms with E-state index in [-0.39, 0.29) is 18.2 Å². The molecular weight excluding hydrogens is 500 g/mol. The SMILES string of the molecule is CN(Cc1cc(-c2cnc(C3CCCN3C(=O)OC(C)(C)C)[nH]2)ccc1Br)C(=O)OC(C)(C)C. The van der Waals surface area contributed by atoms with Crippen LogP contribution in [0.3, 0.4) is 0 Å². The van der Waals surface area contributed by atoms with Crippen molar-refractivity contribution in [2.45, 2.75) is 78.2 Å². The molecule has 1 aliphatic heterocycles. The summed E-state index contributed by atoms with van der Waals surface area (Å²) in [5, 5.41) is 0. The Labute approximate surface area is 210 Å². The molecule has 1 aromatic heterocycles. The highest BCUT2D eigenvalue weighted by Gasteiger charge is 2.34. The number of aromatic amines is 1. The molecule has 0 aliphatic carbocycles. The van der Waals surface area contributed by atoms with Crippen molar-refractivity contribution in [1.82, 2.24) is 19.8 Å². The molecule has 1 unspecified atom stereocenters. The van der Waals surface area contributed by atoms with Crippen molar-refractivity contribution in [1.29, 1.82) is 0 Å². The first-order valence-electron chi connectivity index (χ1n) is 11.5. The fourth-order valence-electron chi connectivity index (χ4n) is 3.77. The van der Waals surface area contributed by atoms with Gasteiger partial charge in [0.2, 0.25) is 0 Å². The first kappa shape index (κ1) is 26.1. The molecule has 2 aromatic rings. The molecule has 34 heavy (non-hydrogen) atoms. The van der Waals surface area contributed by atoms with E-state index >= 15 is 0 Å². The van der Waals surface area contributed by atoms with E-state index in [9.17, 15) is 9.59 Å². The highest BCUT2D eigenvalue weighted by atomic mass is 79.9. The van der Waals surface area contributed by atoms with Gasteiger partial charge in [0, 0.05) is 24.6 Å². The number of likely N-dealkylation sites (tertiary alicyclic amines) is 1. The molecule has 2 heterocycles. The number of ether oxygens (including phenoxy) is 2. The van der Waals surface area contributed by atoms with E-state index in [1.165, 1.54) is 0 Å². The average Bonchev–Trinajstić information content (AvgIpc) is 3.36. The normalized spacial score (nSPS) is 16.5. The van der Waals surface area contributed by atoms with Crippen LogP contribution in [-0.4, -0.2) is 56.7 Å². The molecule has 0 radical (unpaired) electrons. The van der Waals surface area contributed by atoms with Gasteiger partial charge in [0.05, 0.1) is 17.9 Å². The number of imidazole rings is 1. The van der Waals surface area contributed by atoms with Gasteiger partial charge in [0.25, 0.3) is 0 Å². The maximum atomic E-state index is 12.7. The van der Waals surface area contributed by atoms with Gasteiger partial charge in [-0.2, -0.15) is 0 Å². The molecule has 9 heteroatoms. The minimum Gasteiger partial charge on any atom is -0.444 e. The van der Waals surface area contributed by atoms with Gasteiger partial charge in [0.15, 0.2) is 0 Å². The zero-order valence-corrected chi connectivity index (χ0v) is 22.7. The second-order valence-corrected chi connectivity index (χ2v) is 11.5. The Bertz CT molecular complexity index is 1040. The van der Waals surface area contributed by atoms with E-state index in [0.29, 0.717) is 13.1 Å². The van der Waals surface area contributed by atoms with Gasteiger partial charge in [-0.3, -0.25) is 4.90 Å². The third-order valence-corrected chi connectivity index (χ3v) is 6.03. The monoisotopic (exact) mass is 534 g/mol. The highest BCUT2D eigenvalue weighted by molar-refractivity contribution is 9.10. The maximum Gasteiger partial charge on any atom is 0.410 e. The molecule has 1 fully saturated rings. The van der Waals surface area contributed by atoms with E-state index in [2.05, 4.69) is 25.9 Å². The number of H-pyrrole nitrogens is 1. The lowest BCUT2D eigenvalue weighted by atomic mass is 10.1. The number of rotatable bonds is 4. The number of amides is 2. The topological polar surface area (TPSA) is 87.8 Å². The van der Waals surface area contributed by atoms with Crippen LogP contribution >= 0.6 is 15.9 Å². The Kier molecular flexibility index (Phi) is 7.65. The molecule has 1 N–H and O–H groups in total. The molecule has 1 aliphatic rings. The van der Waals surface area contributed by atoms with Gasteiger partial charge in [0.1, 0.15) is 17.0 Å². The number of halogens is 1. The molecule has 1 saturated heterocycles. The van der Waals surface area contributed by atoms with Gasteiger partial charge in [-0.25, -0.2) is 14.6 Å². The third-order valence-electron chi connectivity index (χ3n) is 5.26. The van der Waals surface area contributed by atoms with E-state index < -0.39 is 11.2 Å². The van der Waals surface area contributed by atoms with Gasteiger partial charge < -0.3 is 19.4 Å². The Hall–Kier alpha value is -2.55. The number of hydrogen-bond acceptors (Lipinski definition) is 5. The number of aromatic nitrogens is 2. The molecular formula is C25H35BrN4O4. The Morgan fingerprint density at radius 2 is 1.85 bits per heavy atom. The standard InChI is InChI=1S/C25H35BrN4O4/c1-24(2,3)33-22(31)29(7)15-17-13-16(10-11-18(17)26)19-14-27-21(28-19)20-9-8-12-30(20)23(32)34-25(4,5)6/h10-11,13-14,20H,8-9,12,15H2,1-7H3,(H,27,28). The predicted molar refractivity (Wildman–Crippen MR) is 134 cm³/mol. The van der Waals surface area contributed by atoms with Crippen molar-refractivity contribution in [3.63, 3.8) is 0 Å². The van der Waals surface area contributed by atoms with Gasteiger partial charge in [-0.15, -0.1) is 0 Å². The molecule has 2 amide bonds. The number of benzene rings is 1. The number of carbonyl (C=O) groups is 2. The van der Waals surface area contributed by atoms with Gasteiger partial charge in [-0.05, 0) is 77.6 Å². The van der Waals surface area contributed by atoms with Crippen LogP contribution in [0.2, 0.25) is 0 Å². The van der Waals surface area contributed by atoms with E-state index in [0.717, 1.165) is 40.0 Å². The molecule has 1 atom stereocenters. The third kappa shape index (κ3) is 6.74. The Morgan fingerprint density at radius 1 is 1.18 bits per heavy atom. The maximum absolute atomic E-state index is 12.7. The van der Waals surface area contributed by atoms with E-state index in [4.69, 9.17) is 9.47 Å². The van der Waals surface area contributed by atoms with Crippen molar-refractivity contribution in [3.05, 3.63) is 40.3 Å². The van der Waals surface area contributed by atoms with Crippen LogP contribution in [0.1, 0.15) is 71.8 Å². The van der Waals surface area contributed by atoms with Crippen LogP contribution in [0.5, 0.6) is 0 Å². The van der Waals surface area contributed by atoms with Crippen LogP contribution in [-0.2, 0) is 16.0 Å². The minimum absolute atomic E-state index is 0.142. The number of nitrogens with zero attached hydrogens (tertiary/aromatic N) is 3. The summed E-state index contributed by atoms with van der Waals surface area (Å²) in [6, 6.07) is 5.81. The zero-order chi connectivity index (χ0) is 25.3. The summed E-state index contributed by atoms with van der Waals surface area (Å²) in [5.41, 5.74) is 1.64. The van der Waals surface area contributed by atoms with Crippen molar-refractivity contribution < 1.29 is 19.1 Å². The fourth-order valence-corrected chi connectivity index (χ4v) is 4.14. The first-order chi connectivity index (χ1) is 15.7. The quantitative estimate of drug-likeness (QED) is 0.498. The van der Waals surface area contributed by atoms with Crippen LogP contribution in [0.15, 0.2) is 28.9 Å². The molecule has 0 bridgehead atoms. The molecule has 3 rings (SSSR count). The Morgan fingerprint density at radius 3 is 2.50 bits per heavy atom. The number of nitrogens with one attached hydrogen (secondary N) is 1. The molecule has 186 valence electrons. The van der Waals surface area contributed by atoms with Gasteiger partial charge in [-0.1, -0.05) is 22.0 Å². The van der Waals surface area contributed by atoms with E-state index in [1.54, 1.807) is 23.0 Å². The molecule has 0 saturated carbocycles. The summed E-state index contributed by atoms with van der Waals surface area (Å²) in [6.07, 6.45) is 2.82. The second kappa shape index (κ2) is 9.98. The van der Waals surface area contributed by atoms with Crippen LogP contribution in [0, 0.1) is 0 Å². The van der Waals surface area contributed by atoms with Crippen LogP contribution in [0.25, 0.3) is 11.3 Å². The largest absolute Gasteiger partial charge is 0.444 e. The lowest BCUT2D eigenvalue weighted by molar-refractivity contribution is 0.0217. The summed E-state index contributed by atoms with van der Waals surface area (Å²) in [7, 11) is 1.72. The summed E-state index contributed by atoms with van der Waals surface area (Å²) in [4.78, 5) is 36.3. The second-order valence-electron chi connectivity index (χ2n) is 10.7. The lowest BCUT2D eigenvalue weighted by Gasteiger charge is -2.27. The summed E-state index contributed by atoms with van der Waals surface area (Å²) < 4.78 is 11.9. The average molecular weight is 535 g/mol. The molecule has 1 aromatic carbocycles. The van der Waals surface area contributed by atoms with Gasteiger partial charge >= 0.3 is 12.2 Å². The lowest BCUT2D eigenvalue weighted by Crippen LogP contribution is -2.36. The fraction of sp³-hybridized carbons (Fsp3) is 0.560. The number of carbonyl (C=O) groups excluding carboxylic acids is 2. The first-order valence-corrected chi connectivity index (χ1v) is 12.3. The molecule has 8 nitrogen and oxygen atoms in total. The Balaban J connectivity index is 1.76. The predicted octanol–water partition coefficient (Wildman–Crippen LogP) is 6.28. The smallest absolute Gasteiger partial charge is 0.410 e. The summed E-state index contributed by atoms with van der Waals surface area (Å²) >= 11 is 3.59. The minimum atomic E-state index is -0.551. The van der Waals surface area contributed by atoms with Crippen molar-refractivity contribution in [3.8, 4) is 11.3 Å². The van der Waals surface area contributed by atoms with Crippen LogP contribution in [0.4, 0.5) is 9.59 Å². The summed E-state index contributed by atoms with van der Waals surface area (Å²) in [6.45, 7) is 12.2. The summed E-state index contributed by atoms with van der Waals surface area (Å²) in [5.74, 6) is 0.744. The van der Waals surface area contributed by atoms with Crippen molar-refractivity contribution in [2.24, 2.45) is 0 Å². The van der Waals surface area contributed by atoms with Crippen molar-refractivity contribution >= 4 is 28.1 Å².